The largest absolute Gasteiger partial charge is 0 e. The molecule has 3 nitrogen and oxygen atoms in total. The van der Waals surface area contributed by atoms with Crippen molar-refractivity contribution in [2.24, 2.45) is 0 Å². The summed E-state index contributed by atoms with van der Waals surface area (Å²) in [5, 5.41) is 13.9. The molecule has 2 N–H and O–H groups in total. The number of carbonyl (C=O) groups is 1. The maximum Gasteiger partial charge on any atom is 0 e. The van der Waals surface area contributed by atoms with Gasteiger partial charge in [0.2, 0.25) is 0 Å². The maximum atomic E-state index is 8.56. The molecule has 0 saturated carbocycles. The molecule has 0 radical (unpaired) electrons. The predicted octanol–water partition coefficient (Wildman–Crippen LogP) is -0.696. The van der Waals surface area contributed by atoms with E-state index in [0.29, 0.717) is 0 Å². The van der Waals surface area contributed by atoms with E-state index in [1.165, 1.54) is 0 Å². The molecule has 0 saturated heterocycles. The van der Waals surface area contributed by atoms with Crippen LogP contribution in [0.3, 0.4) is 0 Å². The first-order valence-electron chi connectivity index (χ1n) is 0.651. The SMILES string of the molecule is O=C(O)O.[CaH2].[Zn]. The second-order valence-electron chi connectivity index (χ2n) is 0.283. The third-order valence-corrected chi connectivity index (χ3v) is 0. The van der Waals surface area contributed by atoms with E-state index >= 15 is 0 Å². The fourth-order valence-corrected chi connectivity index (χ4v) is 0. The summed E-state index contributed by atoms with van der Waals surface area (Å²) < 4.78 is 0. The minimum absolute atomic E-state index is 0. The van der Waals surface area contributed by atoms with Gasteiger partial charge in [-0.3, -0.25) is 0 Å². The van der Waals surface area contributed by atoms with Gasteiger partial charge < -0.3 is 10.2 Å². The summed E-state index contributed by atoms with van der Waals surface area (Å²) in [6.07, 6.45) is -1.83. The zero-order valence-corrected chi connectivity index (χ0v) is 5.48. The molecule has 0 aliphatic rings. The minimum Gasteiger partial charge on any atom is 0 e. The molecule has 30 valence electrons. The van der Waals surface area contributed by atoms with Crippen molar-refractivity contribution >= 4 is 43.9 Å². The van der Waals surface area contributed by atoms with Gasteiger partial charge in [-0.15, -0.1) is 0 Å². The molecule has 0 rings (SSSR count). The number of hydrogen-bond acceptors (Lipinski definition) is 1. The summed E-state index contributed by atoms with van der Waals surface area (Å²) in [5.41, 5.74) is 0. The number of rotatable bonds is 0. The van der Waals surface area contributed by atoms with Crippen LogP contribution in [0.2, 0.25) is 0 Å². The van der Waals surface area contributed by atoms with Crippen LogP contribution in [-0.2, 0) is 19.5 Å². The molecule has 6 heavy (non-hydrogen) atoms. The van der Waals surface area contributed by atoms with Crippen LogP contribution in [0.25, 0.3) is 0 Å². The summed E-state index contributed by atoms with van der Waals surface area (Å²) in [6.45, 7) is 0. The fourth-order valence-electron chi connectivity index (χ4n) is 0. The van der Waals surface area contributed by atoms with Crippen molar-refractivity contribution < 1.29 is 34.5 Å². The van der Waals surface area contributed by atoms with Gasteiger partial charge in [0, 0.05) is 19.5 Å². The molecule has 0 fully saturated rings. The van der Waals surface area contributed by atoms with Gasteiger partial charge in [0.25, 0.3) is 0 Å². The van der Waals surface area contributed by atoms with Crippen LogP contribution in [0.5, 0.6) is 0 Å². The molecule has 0 unspecified atom stereocenters. The Morgan fingerprint density at radius 2 is 1.33 bits per heavy atom. The molecule has 0 aromatic heterocycles. The summed E-state index contributed by atoms with van der Waals surface area (Å²) >= 11 is 0. The Kier molecular flexibility index (Phi) is 24.8. The molecule has 0 aliphatic carbocycles. The second kappa shape index (κ2) is 9.47. The molecule has 0 aromatic carbocycles. The number of carboxylic acid groups (broad SMARTS) is 2. The molecule has 5 heteroatoms. The van der Waals surface area contributed by atoms with Crippen molar-refractivity contribution in [1.82, 2.24) is 0 Å². The van der Waals surface area contributed by atoms with Crippen LogP contribution in [0.1, 0.15) is 0 Å². The van der Waals surface area contributed by atoms with E-state index in [1.807, 2.05) is 0 Å². The summed E-state index contributed by atoms with van der Waals surface area (Å²) in [6, 6.07) is 0. The van der Waals surface area contributed by atoms with Crippen LogP contribution in [-0.4, -0.2) is 54.1 Å². The van der Waals surface area contributed by atoms with Gasteiger partial charge in [-0.2, -0.15) is 0 Å². The first kappa shape index (κ1) is 15.7. The average molecular weight is 170 g/mol. The van der Waals surface area contributed by atoms with E-state index in [-0.39, 0.29) is 57.2 Å². The van der Waals surface area contributed by atoms with Crippen molar-refractivity contribution in [3.05, 3.63) is 0 Å². The average Bonchev–Trinajstić information content (AvgIpc) is 0.811. The molecule has 0 bridgehead atoms. The normalized spacial score (nSPS) is 4.00. The summed E-state index contributed by atoms with van der Waals surface area (Å²) in [4.78, 5) is 8.56. The molecule has 0 spiro atoms. The van der Waals surface area contributed by atoms with Crippen molar-refractivity contribution in [3.8, 4) is 0 Å². The Hall–Kier alpha value is 1.15. The maximum absolute atomic E-state index is 8.56. The van der Waals surface area contributed by atoms with E-state index in [1.54, 1.807) is 0 Å². The van der Waals surface area contributed by atoms with Crippen LogP contribution in [0.4, 0.5) is 4.79 Å². The Labute approximate surface area is 77.5 Å². The van der Waals surface area contributed by atoms with E-state index < -0.39 is 6.16 Å². The van der Waals surface area contributed by atoms with Gasteiger partial charge in [-0.05, 0) is 0 Å². The van der Waals surface area contributed by atoms with Gasteiger partial charge in [0.05, 0.1) is 0 Å². The third-order valence-electron chi connectivity index (χ3n) is 0. The van der Waals surface area contributed by atoms with Gasteiger partial charge in [0.1, 0.15) is 0 Å². The van der Waals surface area contributed by atoms with Gasteiger partial charge in [-0.25, -0.2) is 4.79 Å². The molecule has 0 atom stereocenters. The molecule has 0 aromatic rings. The van der Waals surface area contributed by atoms with E-state index in [0.717, 1.165) is 0 Å². The van der Waals surface area contributed by atoms with Crippen molar-refractivity contribution in [3.63, 3.8) is 0 Å². The van der Waals surface area contributed by atoms with E-state index in [4.69, 9.17) is 15.0 Å². The van der Waals surface area contributed by atoms with Gasteiger partial charge in [-0.1, -0.05) is 0 Å². The number of hydrogen-bond donors (Lipinski definition) is 2. The fraction of sp³-hybridized carbons (Fsp3) is 0. The minimum atomic E-state index is -1.83. The first-order chi connectivity index (χ1) is 1.73. The predicted molar refractivity (Wildman–Crippen MR) is 19.2 cm³/mol. The summed E-state index contributed by atoms with van der Waals surface area (Å²) in [7, 11) is 0. The second-order valence-corrected chi connectivity index (χ2v) is 0.283. The van der Waals surface area contributed by atoms with Crippen LogP contribution >= 0.6 is 0 Å². The Morgan fingerprint density at radius 1 is 1.33 bits per heavy atom. The molecule has 0 heterocycles. The molecular formula is CH4CaO3Zn. The Bertz CT molecular complexity index is 33.8. The Balaban J connectivity index is -0.0000000450. The van der Waals surface area contributed by atoms with Crippen molar-refractivity contribution in [1.29, 1.82) is 0 Å². The standard InChI is InChI=1S/CH2O3.Ca.Zn.2H/c2-1(3)4;;;;/h(H2,2,3,4);;;;. The molecule has 0 aliphatic heterocycles. The first-order valence-corrected chi connectivity index (χ1v) is 0.651. The van der Waals surface area contributed by atoms with Crippen LogP contribution in [0.15, 0.2) is 0 Å². The zero-order valence-electron chi connectivity index (χ0n) is 2.51. The molecular weight excluding hydrogens is 165 g/mol. The zero-order chi connectivity index (χ0) is 3.58. The van der Waals surface area contributed by atoms with E-state index in [2.05, 4.69) is 0 Å². The van der Waals surface area contributed by atoms with Crippen LogP contribution < -0.4 is 0 Å². The van der Waals surface area contributed by atoms with Crippen LogP contribution in [0, 0.1) is 0 Å². The van der Waals surface area contributed by atoms with Crippen molar-refractivity contribution in [2.75, 3.05) is 0 Å². The smallest absolute Gasteiger partial charge is 0 e. The monoisotopic (exact) mass is 168 g/mol. The topological polar surface area (TPSA) is 57.5 Å². The third kappa shape index (κ3) is 66.8. The molecule has 0 amide bonds. The van der Waals surface area contributed by atoms with Gasteiger partial charge in [0.15, 0.2) is 0 Å². The summed E-state index contributed by atoms with van der Waals surface area (Å²) in [5.74, 6) is 0. The quantitative estimate of drug-likeness (QED) is 0.472. The van der Waals surface area contributed by atoms with Gasteiger partial charge >= 0.3 is 43.9 Å². The Morgan fingerprint density at radius 3 is 1.33 bits per heavy atom. The van der Waals surface area contributed by atoms with Crippen molar-refractivity contribution in [2.45, 2.75) is 0 Å². The van der Waals surface area contributed by atoms with E-state index in [9.17, 15) is 0 Å².